The number of hydrogen-bond donors (Lipinski definition) is 3. The number of aromatic carboxylic acids is 3. The lowest BCUT2D eigenvalue weighted by Gasteiger charge is -2.28. The van der Waals surface area contributed by atoms with Gasteiger partial charge in [0.25, 0.3) is 0 Å². The summed E-state index contributed by atoms with van der Waals surface area (Å²) in [6.45, 7) is 0. The maximum Gasteiger partial charge on any atom is 0.338 e. The Morgan fingerprint density at radius 2 is 0.425 bits per heavy atom. The fourth-order valence-electron chi connectivity index (χ4n) is 3.49. The average molecular weight is 790 g/mol. The normalized spacial score (nSPS) is 11.3. The summed E-state index contributed by atoms with van der Waals surface area (Å²) in [6, 6.07) is 0. The highest BCUT2D eigenvalue weighted by molar-refractivity contribution is 6.54. The summed E-state index contributed by atoms with van der Waals surface area (Å²) >= 11 is 76.4. The first kappa shape index (κ1) is 34.0. The van der Waals surface area contributed by atoms with Crippen molar-refractivity contribution in [1.29, 1.82) is 0 Å². The zero-order chi connectivity index (χ0) is 30.7. The molecule has 0 aliphatic heterocycles. The largest absolute Gasteiger partial charge is 0.478 e. The summed E-state index contributed by atoms with van der Waals surface area (Å²) in [6.07, 6.45) is 0. The van der Waals surface area contributed by atoms with Gasteiger partial charge in [-0.25, -0.2) is 14.4 Å². The minimum Gasteiger partial charge on any atom is -0.478 e. The fourth-order valence-corrected chi connectivity index (χ4v) is 7.10. The van der Waals surface area contributed by atoms with Gasteiger partial charge in [0.2, 0.25) is 0 Å². The van der Waals surface area contributed by atoms with Crippen LogP contribution >= 0.6 is 139 Å². The molecule has 0 aliphatic rings. The topological polar surface area (TPSA) is 112 Å². The Morgan fingerprint density at radius 3 is 0.550 bits per heavy atom. The van der Waals surface area contributed by atoms with Crippen molar-refractivity contribution >= 4 is 157 Å². The molecule has 40 heavy (non-hydrogen) atoms. The molecule has 0 saturated heterocycles. The summed E-state index contributed by atoms with van der Waals surface area (Å²) in [7, 11) is 0. The molecule has 0 aromatic heterocycles. The predicted molar refractivity (Wildman–Crippen MR) is 161 cm³/mol. The first-order valence-corrected chi connectivity index (χ1v) is 14.1. The highest BCUT2D eigenvalue weighted by Crippen LogP contribution is 2.56. The number of carboxylic acid groups (broad SMARTS) is 3. The van der Waals surface area contributed by atoms with Crippen LogP contribution in [0.4, 0.5) is 0 Å². The number of hydrogen-bond acceptors (Lipinski definition) is 3. The zero-order valence-electron chi connectivity index (χ0n) is 18.1. The van der Waals surface area contributed by atoms with Crippen molar-refractivity contribution in [1.82, 2.24) is 0 Å². The van der Waals surface area contributed by atoms with E-state index in [1.54, 1.807) is 0 Å². The quantitative estimate of drug-likeness (QED) is 0.130. The summed E-state index contributed by atoms with van der Waals surface area (Å²) in [5, 5.41) is 21.7. The minimum atomic E-state index is -1.60. The highest BCUT2D eigenvalue weighted by atomic mass is 35.5. The van der Waals surface area contributed by atoms with E-state index < -0.39 is 117 Å². The van der Waals surface area contributed by atoms with Gasteiger partial charge in [0.05, 0.1) is 82.9 Å². The van der Waals surface area contributed by atoms with Crippen molar-refractivity contribution in [2.24, 2.45) is 0 Å². The van der Waals surface area contributed by atoms with Gasteiger partial charge in [-0.1, -0.05) is 139 Å². The van der Waals surface area contributed by atoms with Crippen LogP contribution < -0.4 is 0 Å². The molecule has 0 bridgehead atoms. The van der Waals surface area contributed by atoms with Crippen molar-refractivity contribution in [2.75, 3.05) is 0 Å². The second-order valence-corrected chi connectivity index (χ2v) is 11.8. The Kier molecular flexibility index (Phi) is 10.8. The Bertz CT molecular complexity index is 1390. The first-order valence-electron chi connectivity index (χ1n) is 9.55. The molecule has 0 fully saturated rings. The van der Waals surface area contributed by atoms with E-state index in [1.165, 1.54) is 0 Å². The SMILES string of the molecule is O=C(O)c1c(Cl)c(Cl)c([13C](c2c(Cl)c(Cl)c(C(=O)O)c(Cl)c2Cl)c2c(Cl)c(Cl)c(C(=O)O)c(Cl)c2Cl)c(Cl)c1Cl. The molecule has 0 unspecified atom stereocenters. The Balaban J connectivity index is 2.73. The van der Waals surface area contributed by atoms with Gasteiger partial charge in [-0.05, 0) is 0 Å². The lowest BCUT2D eigenvalue weighted by atomic mass is 10.0. The van der Waals surface area contributed by atoms with Crippen LogP contribution in [0.5, 0.6) is 0 Å². The molecule has 0 spiro atoms. The van der Waals surface area contributed by atoms with E-state index >= 15 is 0 Å². The molecule has 0 atom stereocenters. The molecular weight excluding hydrogens is 787 g/mol. The van der Waals surface area contributed by atoms with E-state index in [4.69, 9.17) is 139 Å². The van der Waals surface area contributed by atoms with Gasteiger partial charge in [-0.2, -0.15) is 0 Å². The summed E-state index contributed by atoms with van der Waals surface area (Å²) in [5.74, 6) is -5.24. The molecule has 0 heterocycles. The number of carbonyl (C=O) groups is 3. The maximum atomic E-state index is 11.8. The van der Waals surface area contributed by atoms with Gasteiger partial charge < -0.3 is 15.3 Å². The fraction of sp³-hybridized carbons (Fsp3) is 0. The van der Waals surface area contributed by atoms with E-state index in [-0.39, 0.29) is 0 Å². The average Bonchev–Trinajstić information content (AvgIpc) is 2.85. The lowest BCUT2D eigenvalue weighted by molar-refractivity contribution is 0.0686. The predicted octanol–water partition coefficient (Wildman–Crippen LogP) is 11.6. The molecule has 3 N–H and O–H groups in total. The Morgan fingerprint density at radius 1 is 0.300 bits per heavy atom. The molecule has 3 aromatic rings. The van der Waals surface area contributed by atoms with E-state index in [0.717, 1.165) is 0 Å². The number of halogens is 12. The molecular formula is C22H3Cl12O6. The second kappa shape index (κ2) is 12.7. The van der Waals surface area contributed by atoms with Crippen molar-refractivity contribution in [3.05, 3.63) is 99.6 Å². The number of carboxylic acids is 3. The molecule has 0 aliphatic carbocycles. The van der Waals surface area contributed by atoms with E-state index in [1.807, 2.05) is 0 Å². The number of rotatable bonds is 6. The van der Waals surface area contributed by atoms with Gasteiger partial charge >= 0.3 is 17.9 Å². The smallest absolute Gasteiger partial charge is 0.338 e. The van der Waals surface area contributed by atoms with Crippen molar-refractivity contribution in [2.45, 2.75) is 0 Å². The molecule has 211 valence electrons. The number of benzene rings is 3. The van der Waals surface area contributed by atoms with Crippen LogP contribution in [-0.4, -0.2) is 33.2 Å². The Hall–Kier alpha value is -0.450. The zero-order valence-corrected chi connectivity index (χ0v) is 27.2. The van der Waals surface area contributed by atoms with Crippen LogP contribution in [0.15, 0.2) is 0 Å². The van der Waals surface area contributed by atoms with E-state index in [0.29, 0.717) is 0 Å². The molecule has 1 radical (unpaired) electrons. The molecule has 0 saturated carbocycles. The second-order valence-electron chi connectivity index (χ2n) is 7.31. The summed E-state index contributed by atoms with van der Waals surface area (Å²) < 4.78 is 0. The summed E-state index contributed by atoms with van der Waals surface area (Å²) in [5.41, 5.74) is -3.31. The highest BCUT2D eigenvalue weighted by Gasteiger charge is 2.40. The maximum absolute atomic E-state index is 11.8. The third-order valence-corrected chi connectivity index (χ3v) is 10.3. The first-order chi connectivity index (χ1) is 18.4. The van der Waals surface area contributed by atoms with Gasteiger partial charge in [0.15, 0.2) is 0 Å². The molecule has 0 amide bonds. The third-order valence-electron chi connectivity index (χ3n) is 5.18. The molecule has 3 rings (SSSR count). The Labute approximate surface area is 284 Å². The van der Waals surface area contributed by atoms with Crippen LogP contribution in [0.3, 0.4) is 0 Å². The van der Waals surface area contributed by atoms with Crippen LogP contribution in [0.1, 0.15) is 47.8 Å². The van der Waals surface area contributed by atoms with E-state index in [2.05, 4.69) is 0 Å². The van der Waals surface area contributed by atoms with Crippen LogP contribution in [-0.2, 0) is 0 Å². The molecule has 6 nitrogen and oxygen atoms in total. The van der Waals surface area contributed by atoms with Gasteiger partial charge in [0.1, 0.15) is 0 Å². The van der Waals surface area contributed by atoms with Crippen molar-refractivity contribution in [3.63, 3.8) is 0 Å². The van der Waals surface area contributed by atoms with Crippen LogP contribution in [0.25, 0.3) is 0 Å². The van der Waals surface area contributed by atoms with Gasteiger partial charge in [-0.3, -0.25) is 0 Å². The monoisotopic (exact) mass is 784 g/mol. The van der Waals surface area contributed by atoms with E-state index in [9.17, 15) is 29.7 Å². The van der Waals surface area contributed by atoms with Gasteiger partial charge in [-0.15, -0.1) is 0 Å². The van der Waals surface area contributed by atoms with Crippen LogP contribution in [0.2, 0.25) is 60.3 Å². The van der Waals surface area contributed by atoms with Crippen LogP contribution in [0, 0.1) is 5.92 Å². The molecule has 18 heteroatoms. The third kappa shape index (κ3) is 5.49. The minimum absolute atomic E-state index is 0.415. The van der Waals surface area contributed by atoms with Crippen molar-refractivity contribution in [3.8, 4) is 0 Å². The van der Waals surface area contributed by atoms with Gasteiger partial charge in [0, 0.05) is 16.7 Å². The van der Waals surface area contributed by atoms with Crippen molar-refractivity contribution < 1.29 is 29.7 Å². The standard InChI is InChI=1S/C22H3Cl12O6/c23-8-2(9(24)15(30)5(14(8)29)20(35)36)1(3-10(25)16(31)6(21(37)38)17(32)11(3)26)4-12(27)18(33)7(22(39)40)19(34)13(4)28/h(H,35,36)(H,37,38)(H,39,40)/i1+1. The lowest BCUT2D eigenvalue weighted by Crippen LogP contribution is -2.15. The summed E-state index contributed by atoms with van der Waals surface area (Å²) in [4.78, 5) is 35.4. The molecule has 3 aromatic carbocycles.